The maximum Gasteiger partial charge on any atom is 0.345 e. The zero-order valence-corrected chi connectivity index (χ0v) is 20.6. The van der Waals surface area contributed by atoms with E-state index in [4.69, 9.17) is 27.5 Å². The van der Waals surface area contributed by atoms with Gasteiger partial charge in [0, 0.05) is 16.9 Å². The molecule has 5 rings (SSSR count). The van der Waals surface area contributed by atoms with Gasteiger partial charge in [0.2, 0.25) is 0 Å². The molecule has 4 aliphatic rings. The summed E-state index contributed by atoms with van der Waals surface area (Å²) >= 11 is 5.93. The molecular formula is C29H33ClO4. The first kappa shape index (κ1) is 23.5. The van der Waals surface area contributed by atoms with E-state index in [0.717, 1.165) is 44.9 Å². The quantitative estimate of drug-likeness (QED) is 0.373. The van der Waals surface area contributed by atoms with E-state index in [1.165, 1.54) is 5.57 Å². The highest BCUT2D eigenvalue weighted by Crippen LogP contribution is 2.67. The lowest BCUT2D eigenvalue weighted by atomic mass is 9.49. The number of hydrogen-bond acceptors (Lipinski definition) is 4. The zero-order chi connectivity index (χ0) is 23.9. The molecule has 3 saturated carbocycles. The Kier molecular flexibility index (Phi) is 6.27. The van der Waals surface area contributed by atoms with Crippen LogP contribution in [0.1, 0.15) is 64.7 Å². The Morgan fingerprint density at radius 2 is 1.91 bits per heavy atom. The van der Waals surface area contributed by atoms with E-state index in [0.29, 0.717) is 53.1 Å². The first-order valence-electron chi connectivity index (χ1n) is 12.7. The summed E-state index contributed by atoms with van der Waals surface area (Å²) in [5.41, 5.74) is 0.314. The molecule has 6 atom stereocenters. The van der Waals surface area contributed by atoms with Crippen LogP contribution in [-0.2, 0) is 14.3 Å². The molecule has 4 unspecified atom stereocenters. The van der Waals surface area contributed by atoms with Crippen molar-refractivity contribution in [1.29, 1.82) is 0 Å². The lowest BCUT2D eigenvalue weighted by molar-refractivity contribution is -0.175. The summed E-state index contributed by atoms with van der Waals surface area (Å²) in [5.74, 6) is 5.65. The van der Waals surface area contributed by atoms with E-state index < -0.39 is 11.6 Å². The van der Waals surface area contributed by atoms with Gasteiger partial charge in [-0.3, -0.25) is 4.79 Å². The lowest BCUT2D eigenvalue weighted by Gasteiger charge is -2.56. The van der Waals surface area contributed by atoms with Gasteiger partial charge in [-0.15, -0.1) is 6.42 Å². The third-order valence-corrected chi connectivity index (χ3v) is 9.69. The number of halogens is 1. The summed E-state index contributed by atoms with van der Waals surface area (Å²) in [6.45, 7) is 2.03. The number of carbonyl (C=O) groups is 2. The summed E-state index contributed by atoms with van der Waals surface area (Å²) in [6, 6.07) is 6.92. The fraction of sp³-hybridized carbons (Fsp3) is 0.586. The van der Waals surface area contributed by atoms with E-state index in [9.17, 15) is 9.59 Å². The fourth-order valence-electron chi connectivity index (χ4n) is 8.01. The van der Waals surface area contributed by atoms with Crippen LogP contribution in [0.2, 0.25) is 5.02 Å². The normalized spacial score (nSPS) is 36.4. The van der Waals surface area contributed by atoms with Crippen molar-refractivity contribution in [3.63, 3.8) is 0 Å². The molecule has 5 heteroatoms. The molecule has 4 aliphatic carbocycles. The van der Waals surface area contributed by atoms with Crippen molar-refractivity contribution >= 4 is 23.4 Å². The van der Waals surface area contributed by atoms with Gasteiger partial charge in [-0.2, -0.15) is 0 Å². The minimum absolute atomic E-state index is 0.175. The van der Waals surface area contributed by atoms with Crippen LogP contribution in [0.15, 0.2) is 35.9 Å². The van der Waals surface area contributed by atoms with Crippen molar-refractivity contribution in [2.75, 3.05) is 6.61 Å². The van der Waals surface area contributed by atoms with Crippen molar-refractivity contribution in [3.05, 3.63) is 40.9 Å². The molecule has 0 heterocycles. The molecule has 34 heavy (non-hydrogen) atoms. The number of carbonyl (C=O) groups excluding carboxylic acids is 2. The van der Waals surface area contributed by atoms with E-state index in [2.05, 4.69) is 12.8 Å². The van der Waals surface area contributed by atoms with Crippen LogP contribution in [0.25, 0.3) is 0 Å². The molecule has 0 bridgehead atoms. The molecule has 0 N–H and O–H groups in total. The Labute approximate surface area is 207 Å². The maximum absolute atomic E-state index is 12.9. The molecule has 180 valence electrons. The highest BCUT2D eigenvalue weighted by atomic mass is 35.5. The van der Waals surface area contributed by atoms with Gasteiger partial charge >= 0.3 is 5.97 Å². The summed E-state index contributed by atoms with van der Waals surface area (Å²) in [5, 5.41) is 0.615. The smallest absolute Gasteiger partial charge is 0.345 e. The number of hydrogen-bond donors (Lipinski definition) is 0. The minimum atomic E-state index is -0.878. The predicted molar refractivity (Wildman–Crippen MR) is 131 cm³/mol. The molecule has 0 amide bonds. The maximum atomic E-state index is 12.9. The third-order valence-electron chi connectivity index (χ3n) is 9.44. The standard InChI is InChI=1S/C29H33ClO4/c1-3-28-15-13-24-23-12-8-21(31)17-19(23)5-11-25(24)26(28)14-16-29(28,4-2)34-27(32)18-33-22-9-6-20(30)7-10-22/h2,6-7,9-10,17,23-26H,3,5,8,11-16,18H2,1H3/t23?,24?,25?,26?,28-,29-/m0/s1. The third kappa shape index (κ3) is 3.77. The fourth-order valence-corrected chi connectivity index (χ4v) is 8.14. The van der Waals surface area contributed by atoms with Gasteiger partial charge in [0.05, 0.1) is 0 Å². The molecular weight excluding hydrogens is 448 g/mol. The monoisotopic (exact) mass is 480 g/mol. The summed E-state index contributed by atoms with van der Waals surface area (Å²) in [4.78, 5) is 24.9. The van der Waals surface area contributed by atoms with E-state index in [1.54, 1.807) is 24.3 Å². The highest BCUT2D eigenvalue weighted by molar-refractivity contribution is 6.30. The van der Waals surface area contributed by atoms with Crippen LogP contribution < -0.4 is 4.74 Å². The minimum Gasteiger partial charge on any atom is -0.482 e. The second kappa shape index (κ2) is 9.08. The number of ether oxygens (including phenoxy) is 2. The highest BCUT2D eigenvalue weighted by Gasteiger charge is 2.65. The molecule has 0 spiro atoms. The summed E-state index contributed by atoms with van der Waals surface area (Å²) in [6.07, 6.45) is 16.6. The molecule has 0 aliphatic heterocycles. The van der Waals surface area contributed by atoms with Gasteiger partial charge in [-0.05, 0) is 105 Å². The van der Waals surface area contributed by atoms with Gasteiger partial charge < -0.3 is 9.47 Å². The molecule has 4 nitrogen and oxygen atoms in total. The second-order valence-corrected chi connectivity index (χ2v) is 11.0. The van der Waals surface area contributed by atoms with Crippen LogP contribution in [0.3, 0.4) is 0 Å². The van der Waals surface area contributed by atoms with Crippen LogP contribution in [-0.4, -0.2) is 24.0 Å². The Bertz CT molecular complexity index is 1040. The zero-order valence-electron chi connectivity index (χ0n) is 19.9. The van der Waals surface area contributed by atoms with Crippen LogP contribution >= 0.6 is 11.6 Å². The number of terminal acetylenes is 1. The number of allylic oxidation sites excluding steroid dienone is 1. The number of rotatable bonds is 5. The Balaban J connectivity index is 1.33. The predicted octanol–water partition coefficient (Wildman–Crippen LogP) is 6.17. The van der Waals surface area contributed by atoms with Crippen molar-refractivity contribution < 1.29 is 19.1 Å². The average molecular weight is 481 g/mol. The lowest BCUT2D eigenvalue weighted by Crippen LogP contribution is -2.55. The number of esters is 1. The van der Waals surface area contributed by atoms with Crippen LogP contribution in [0.5, 0.6) is 5.75 Å². The number of ketones is 1. The second-order valence-electron chi connectivity index (χ2n) is 10.6. The average Bonchev–Trinajstić information content (AvgIpc) is 3.18. The molecule has 3 fully saturated rings. The van der Waals surface area contributed by atoms with E-state index in [1.807, 2.05) is 6.08 Å². The topological polar surface area (TPSA) is 52.6 Å². The summed E-state index contributed by atoms with van der Waals surface area (Å²) in [7, 11) is 0. The number of benzene rings is 1. The molecule has 0 aromatic heterocycles. The van der Waals surface area contributed by atoms with Gasteiger partial charge in [0.25, 0.3) is 0 Å². The van der Waals surface area contributed by atoms with Crippen molar-refractivity contribution in [2.24, 2.45) is 29.1 Å². The first-order chi connectivity index (χ1) is 16.4. The Hall–Kier alpha value is -2.25. The number of fused-ring (bicyclic) bond motifs is 5. The first-order valence-corrected chi connectivity index (χ1v) is 13.1. The van der Waals surface area contributed by atoms with E-state index in [-0.39, 0.29) is 12.0 Å². The molecule has 1 aromatic carbocycles. The van der Waals surface area contributed by atoms with Gasteiger partial charge in [0.1, 0.15) is 5.75 Å². The Morgan fingerprint density at radius 1 is 1.12 bits per heavy atom. The van der Waals surface area contributed by atoms with Gasteiger partial charge in [-0.1, -0.05) is 30.0 Å². The van der Waals surface area contributed by atoms with Crippen molar-refractivity contribution in [1.82, 2.24) is 0 Å². The molecule has 0 radical (unpaired) electrons. The molecule has 1 aromatic rings. The van der Waals surface area contributed by atoms with Crippen LogP contribution in [0, 0.1) is 41.4 Å². The van der Waals surface area contributed by atoms with Gasteiger partial charge in [0.15, 0.2) is 18.0 Å². The van der Waals surface area contributed by atoms with Crippen LogP contribution in [0.4, 0.5) is 0 Å². The molecule has 0 saturated heterocycles. The van der Waals surface area contributed by atoms with E-state index >= 15 is 0 Å². The summed E-state index contributed by atoms with van der Waals surface area (Å²) < 4.78 is 11.8. The van der Waals surface area contributed by atoms with Crippen molar-refractivity contribution in [2.45, 2.75) is 70.3 Å². The van der Waals surface area contributed by atoms with Crippen molar-refractivity contribution in [3.8, 4) is 18.1 Å². The SMILES string of the molecule is C#C[C@]1(OC(=O)COc2ccc(Cl)cc2)CCC2C3CCC4=CC(=O)CCC4C3CC[C@@]21CC. The van der Waals surface area contributed by atoms with Gasteiger partial charge in [-0.25, -0.2) is 4.79 Å². The Morgan fingerprint density at radius 3 is 2.65 bits per heavy atom. The largest absolute Gasteiger partial charge is 0.482 e.